The van der Waals surface area contributed by atoms with Gasteiger partial charge >= 0.3 is 0 Å². The topological polar surface area (TPSA) is 62.9 Å². The summed E-state index contributed by atoms with van der Waals surface area (Å²) in [6, 6.07) is 0.452. The first-order valence-electron chi connectivity index (χ1n) is 7.47. The Labute approximate surface area is 153 Å². The van der Waals surface area contributed by atoms with Crippen molar-refractivity contribution in [2.75, 3.05) is 33.4 Å². The minimum Gasteiger partial charge on any atom is -0.383 e. The number of nitrogens with one attached hydrogen (secondary N) is 1. The van der Waals surface area contributed by atoms with Crippen molar-refractivity contribution in [3.05, 3.63) is 25.3 Å². The van der Waals surface area contributed by atoms with E-state index < -0.39 is 0 Å². The Bertz CT molecular complexity index is 324. The van der Waals surface area contributed by atoms with Crippen LogP contribution in [-0.2, 0) is 4.74 Å². The summed E-state index contributed by atoms with van der Waals surface area (Å²) in [5, 5.41) is 3.12. The van der Waals surface area contributed by atoms with E-state index in [1.807, 2.05) is 19.1 Å². The molecular formula is C16H33IN4O. The van der Waals surface area contributed by atoms with Gasteiger partial charge < -0.3 is 15.8 Å². The molecule has 0 rings (SSSR count). The van der Waals surface area contributed by atoms with Gasteiger partial charge in [0.25, 0.3) is 0 Å². The molecule has 0 radical (unpaired) electrons. The fourth-order valence-corrected chi connectivity index (χ4v) is 2.21. The van der Waals surface area contributed by atoms with Crippen molar-refractivity contribution in [3.63, 3.8) is 0 Å². The maximum absolute atomic E-state index is 5.93. The number of ether oxygens (including phenoxy) is 1. The zero-order valence-corrected chi connectivity index (χ0v) is 16.7. The van der Waals surface area contributed by atoms with Crippen LogP contribution in [0.25, 0.3) is 0 Å². The standard InChI is InChI=1S/C16H32N4O.HI/c1-7-9-20(10-8-2)15(13(3)4)11-18-16(17)19-14(5)12-21-6;/h7-8,13-15H,1-2,9-12H2,3-6H3,(H3,17,18,19);1H. The molecule has 0 saturated carbocycles. The number of nitrogens with zero attached hydrogens (tertiary/aromatic N) is 2. The lowest BCUT2D eigenvalue weighted by Gasteiger charge is -2.32. The van der Waals surface area contributed by atoms with Gasteiger partial charge in [-0.3, -0.25) is 9.89 Å². The maximum atomic E-state index is 5.93. The molecule has 0 heterocycles. The first-order chi connectivity index (χ1) is 9.96. The number of hydrogen-bond donors (Lipinski definition) is 2. The Hall–Kier alpha value is -0.600. The summed E-state index contributed by atoms with van der Waals surface area (Å²) < 4.78 is 5.07. The van der Waals surface area contributed by atoms with Crippen molar-refractivity contribution in [2.45, 2.75) is 32.9 Å². The third-order valence-electron chi connectivity index (χ3n) is 3.23. The molecule has 2 unspecified atom stereocenters. The van der Waals surface area contributed by atoms with Gasteiger partial charge in [-0.25, -0.2) is 0 Å². The normalized spacial score (nSPS) is 14.4. The van der Waals surface area contributed by atoms with Crippen LogP contribution in [0.4, 0.5) is 0 Å². The number of guanidine groups is 1. The highest BCUT2D eigenvalue weighted by molar-refractivity contribution is 14.0. The highest BCUT2D eigenvalue weighted by Gasteiger charge is 2.19. The van der Waals surface area contributed by atoms with Gasteiger partial charge in [0.1, 0.15) is 0 Å². The highest BCUT2D eigenvalue weighted by atomic mass is 127. The van der Waals surface area contributed by atoms with Gasteiger partial charge in [-0.2, -0.15) is 0 Å². The van der Waals surface area contributed by atoms with Gasteiger partial charge in [0.2, 0.25) is 0 Å². The van der Waals surface area contributed by atoms with Crippen molar-refractivity contribution in [2.24, 2.45) is 16.6 Å². The second kappa shape index (κ2) is 14.0. The molecule has 0 aliphatic heterocycles. The van der Waals surface area contributed by atoms with E-state index >= 15 is 0 Å². The number of rotatable bonds is 11. The Balaban J connectivity index is 0. The van der Waals surface area contributed by atoms with Gasteiger partial charge in [-0.1, -0.05) is 26.0 Å². The zero-order chi connectivity index (χ0) is 16.3. The molecule has 3 N–H and O–H groups in total. The molecule has 0 aromatic carbocycles. The first-order valence-corrected chi connectivity index (χ1v) is 7.47. The summed E-state index contributed by atoms with van der Waals surface area (Å²) in [6.07, 6.45) is 3.82. The van der Waals surface area contributed by atoms with E-state index in [0.717, 1.165) is 13.1 Å². The van der Waals surface area contributed by atoms with Crippen LogP contribution in [0, 0.1) is 5.92 Å². The van der Waals surface area contributed by atoms with E-state index in [2.05, 4.69) is 42.2 Å². The minimum absolute atomic E-state index is 0. The largest absolute Gasteiger partial charge is 0.383 e. The molecule has 6 heteroatoms. The molecule has 2 atom stereocenters. The van der Waals surface area contributed by atoms with E-state index in [1.165, 1.54) is 0 Å². The van der Waals surface area contributed by atoms with E-state index in [9.17, 15) is 0 Å². The predicted octanol–water partition coefficient (Wildman–Crippen LogP) is 2.24. The van der Waals surface area contributed by atoms with Crippen molar-refractivity contribution in [1.29, 1.82) is 0 Å². The Morgan fingerprint density at radius 3 is 2.23 bits per heavy atom. The molecule has 0 aromatic heterocycles. The summed E-state index contributed by atoms with van der Waals surface area (Å²) in [7, 11) is 1.67. The third-order valence-corrected chi connectivity index (χ3v) is 3.23. The van der Waals surface area contributed by atoms with Crippen LogP contribution in [0.1, 0.15) is 20.8 Å². The molecular weight excluding hydrogens is 391 g/mol. The van der Waals surface area contributed by atoms with Gasteiger partial charge in [-0.15, -0.1) is 37.1 Å². The minimum atomic E-state index is 0. The van der Waals surface area contributed by atoms with Crippen molar-refractivity contribution in [3.8, 4) is 0 Å². The summed E-state index contributed by atoms with van der Waals surface area (Å²) in [6.45, 7) is 16.9. The molecule has 0 amide bonds. The molecule has 0 aliphatic carbocycles. The van der Waals surface area contributed by atoms with E-state index in [-0.39, 0.29) is 30.0 Å². The third kappa shape index (κ3) is 10.2. The Kier molecular flexibility index (Phi) is 15.1. The first kappa shape index (κ1) is 23.7. The zero-order valence-electron chi connectivity index (χ0n) is 14.4. The monoisotopic (exact) mass is 424 g/mol. The number of methoxy groups -OCH3 is 1. The molecule has 0 fully saturated rings. The van der Waals surface area contributed by atoms with Crippen LogP contribution in [0.5, 0.6) is 0 Å². The molecule has 0 spiro atoms. The second-order valence-corrected chi connectivity index (χ2v) is 5.57. The SMILES string of the molecule is C=CCN(CC=C)C(CN=C(N)NC(C)COC)C(C)C.I. The lowest BCUT2D eigenvalue weighted by atomic mass is 10.0. The van der Waals surface area contributed by atoms with Crippen LogP contribution in [0.15, 0.2) is 30.3 Å². The van der Waals surface area contributed by atoms with Crippen LogP contribution in [0.2, 0.25) is 0 Å². The molecule has 5 nitrogen and oxygen atoms in total. The summed E-state index contributed by atoms with van der Waals surface area (Å²) >= 11 is 0. The summed E-state index contributed by atoms with van der Waals surface area (Å²) in [4.78, 5) is 6.78. The van der Waals surface area contributed by atoms with Crippen LogP contribution in [0.3, 0.4) is 0 Å². The fourth-order valence-electron chi connectivity index (χ4n) is 2.21. The lowest BCUT2D eigenvalue weighted by molar-refractivity contribution is 0.179. The predicted molar refractivity (Wildman–Crippen MR) is 107 cm³/mol. The van der Waals surface area contributed by atoms with Gasteiger partial charge in [0, 0.05) is 32.3 Å². The molecule has 0 aliphatic rings. The molecule has 130 valence electrons. The Morgan fingerprint density at radius 1 is 1.27 bits per heavy atom. The number of halogens is 1. The number of nitrogens with two attached hydrogens (primary N) is 1. The van der Waals surface area contributed by atoms with Crippen LogP contribution in [-0.4, -0.2) is 56.3 Å². The molecule has 0 saturated heterocycles. The van der Waals surface area contributed by atoms with E-state index in [4.69, 9.17) is 10.5 Å². The lowest BCUT2D eigenvalue weighted by Crippen LogP contribution is -2.44. The second-order valence-electron chi connectivity index (χ2n) is 5.57. The molecule has 22 heavy (non-hydrogen) atoms. The fraction of sp³-hybridized carbons (Fsp3) is 0.688. The maximum Gasteiger partial charge on any atom is 0.188 e. The smallest absolute Gasteiger partial charge is 0.188 e. The van der Waals surface area contributed by atoms with Gasteiger partial charge in [0.15, 0.2) is 5.96 Å². The molecule has 0 bridgehead atoms. The number of hydrogen-bond acceptors (Lipinski definition) is 3. The van der Waals surface area contributed by atoms with Gasteiger partial charge in [-0.05, 0) is 12.8 Å². The van der Waals surface area contributed by atoms with Crippen molar-refractivity contribution in [1.82, 2.24) is 10.2 Å². The highest BCUT2D eigenvalue weighted by Crippen LogP contribution is 2.11. The average Bonchev–Trinajstić information content (AvgIpc) is 2.39. The Morgan fingerprint density at radius 2 is 1.82 bits per heavy atom. The number of aliphatic imine (C=N–C) groups is 1. The van der Waals surface area contributed by atoms with E-state index in [1.54, 1.807) is 7.11 Å². The van der Waals surface area contributed by atoms with Gasteiger partial charge in [0.05, 0.1) is 13.2 Å². The summed E-state index contributed by atoms with van der Waals surface area (Å²) in [5.41, 5.74) is 5.93. The van der Waals surface area contributed by atoms with Crippen molar-refractivity contribution >= 4 is 29.9 Å². The molecule has 0 aromatic rings. The van der Waals surface area contributed by atoms with Crippen LogP contribution >= 0.6 is 24.0 Å². The average molecular weight is 424 g/mol. The van der Waals surface area contributed by atoms with Crippen molar-refractivity contribution < 1.29 is 4.74 Å². The van der Waals surface area contributed by atoms with Crippen LogP contribution < -0.4 is 11.1 Å². The quantitative estimate of drug-likeness (QED) is 0.231. The summed E-state index contributed by atoms with van der Waals surface area (Å²) in [5.74, 6) is 0.931. The van der Waals surface area contributed by atoms with E-state index in [0.29, 0.717) is 31.1 Å².